The van der Waals surface area contributed by atoms with Crippen LogP contribution in [0, 0.1) is 0 Å². The minimum Gasteiger partial charge on any atom is 3.00 e. The Morgan fingerprint density at radius 3 is 1.50 bits per heavy atom. The standard InChI is InChI=1S/3O.S.2Sb/q;3*-1;;+3. The summed E-state index contributed by atoms with van der Waals surface area (Å²) in [7, 11) is 3.36. The van der Waals surface area contributed by atoms with Crippen LogP contribution in [0.3, 0.4) is 0 Å². The third-order valence-electron chi connectivity index (χ3n) is 0. The van der Waals surface area contributed by atoms with Gasteiger partial charge in [0.2, 0.25) is 0 Å². The largest absolute Gasteiger partial charge is 3.00 e. The van der Waals surface area contributed by atoms with E-state index in [0.717, 1.165) is 0 Å². The zero-order valence-corrected chi connectivity index (χ0v) is 8.45. The molecule has 0 aromatic carbocycles. The summed E-state index contributed by atoms with van der Waals surface area (Å²) >= 11 is -5.27. The van der Waals surface area contributed by atoms with Crippen molar-refractivity contribution in [2.24, 2.45) is 0 Å². The maximum absolute atomic E-state index is 9.01. The molecule has 6 heavy (non-hydrogen) atoms. The van der Waals surface area contributed by atoms with Gasteiger partial charge in [-0.1, -0.05) is 0 Å². The summed E-state index contributed by atoms with van der Waals surface area (Å²) < 4.78 is 27.0. The maximum Gasteiger partial charge on any atom is 3.00 e. The Morgan fingerprint density at radius 1 is 1.50 bits per heavy atom. The summed E-state index contributed by atoms with van der Waals surface area (Å²) in [6.45, 7) is 0. The zero-order valence-electron chi connectivity index (χ0n) is 2.53. The Hall–Kier alpha value is 1.71. The molecule has 0 aromatic rings. The molecule has 0 saturated heterocycles. The van der Waals surface area contributed by atoms with E-state index >= 15 is 0 Å². The van der Waals surface area contributed by atoms with Crippen LogP contribution in [0.25, 0.3) is 0 Å². The molecule has 0 unspecified atom stereocenters. The Kier molecular flexibility index (Phi) is 6.52. The van der Waals surface area contributed by atoms with Crippen molar-refractivity contribution in [2.45, 2.75) is 0 Å². The molecule has 0 atom stereocenters. The van der Waals surface area contributed by atoms with Gasteiger partial charge in [-0.05, 0) is 0 Å². The van der Waals surface area contributed by atoms with Crippen molar-refractivity contribution in [1.82, 2.24) is 0 Å². The summed E-state index contributed by atoms with van der Waals surface area (Å²) in [4.78, 5) is 0. The second kappa shape index (κ2) is 3.68. The first-order valence-corrected chi connectivity index (χ1v) is 7.35. The van der Waals surface area contributed by atoms with Crippen molar-refractivity contribution in [3.8, 4) is 0 Å². The molecule has 0 heterocycles. The van der Waals surface area contributed by atoms with Crippen LogP contribution in [0.4, 0.5) is 0 Å². The van der Waals surface area contributed by atoms with Crippen LogP contribution in [0.1, 0.15) is 0 Å². The molecule has 0 bridgehead atoms. The molecule has 0 saturated carbocycles. The van der Waals surface area contributed by atoms with Gasteiger partial charge in [0, 0.05) is 0 Å². The van der Waals surface area contributed by atoms with Gasteiger partial charge >= 0.3 is 62.2 Å². The predicted molar refractivity (Wildman–Crippen MR) is 19.6 cm³/mol. The average molecular weight is 324 g/mol. The van der Waals surface area contributed by atoms with Crippen molar-refractivity contribution in [1.29, 1.82) is 0 Å². The predicted octanol–water partition coefficient (Wildman–Crippen LogP) is -3.26. The van der Waals surface area contributed by atoms with Gasteiger partial charge in [0.1, 0.15) is 0 Å². The molecule has 0 aliphatic heterocycles. The average Bonchev–Trinajstić information content (AvgIpc) is 0.722. The fraction of sp³-hybridized carbons (Fsp3) is 0. The van der Waals surface area contributed by atoms with Crippen molar-refractivity contribution in [3.63, 3.8) is 0 Å². The van der Waals surface area contributed by atoms with Gasteiger partial charge in [-0.25, -0.2) is 0 Å². The first-order valence-electron chi connectivity index (χ1n) is 0.730. The van der Waals surface area contributed by atoms with Crippen LogP contribution in [0.5, 0.6) is 0 Å². The van der Waals surface area contributed by atoms with Crippen LogP contribution >= 0.6 is 0 Å². The Balaban J connectivity index is 0. The van der Waals surface area contributed by atoms with E-state index < -0.39 is 18.2 Å². The van der Waals surface area contributed by atoms with Crippen LogP contribution in [-0.4, -0.2) is 42.7 Å². The number of hydrogen-bond acceptors (Lipinski definition) is 4. The van der Waals surface area contributed by atoms with Crippen LogP contribution < -0.4 is 6.77 Å². The monoisotopic (exact) mass is 322 g/mol. The molecule has 2 radical (unpaired) electrons. The van der Waals surface area contributed by atoms with E-state index in [9.17, 15) is 0 Å². The number of hydrogen-bond donors (Lipinski definition) is 0. The van der Waals surface area contributed by atoms with Gasteiger partial charge in [0.25, 0.3) is 0 Å². The molecule has 0 spiro atoms. The van der Waals surface area contributed by atoms with Gasteiger partial charge < -0.3 is 0 Å². The van der Waals surface area contributed by atoms with Gasteiger partial charge in [0.05, 0.1) is 0 Å². The second-order valence-electron chi connectivity index (χ2n) is 0.447. The van der Waals surface area contributed by atoms with E-state index in [0.29, 0.717) is 0 Å². The van der Waals surface area contributed by atoms with Crippen molar-refractivity contribution >= 4 is 52.4 Å². The smallest absolute Gasteiger partial charge is 3.00 e. The molecule has 0 N–H and O–H groups in total. The Morgan fingerprint density at radius 2 is 1.50 bits per heavy atom. The summed E-state index contributed by atoms with van der Waals surface area (Å²) in [5.74, 6) is 0. The minimum atomic E-state index is -5.27. The molecule has 34 valence electrons. The molecule has 0 amide bonds. The van der Waals surface area contributed by atoms with Crippen LogP contribution in [0.2, 0.25) is 0 Å². The molecule has 6 heteroatoms. The molecule has 0 fully saturated rings. The fourth-order valence-corrected chi connectivity index (χ4v) is 0. The topological polar surface area (TPSA) is 63.2 Å². The van der Waals surface area contributed by atoms with E-state index in [1.165, 1.54) is 0 Å². The fourth-order valence-electron chi connectivity index (χ4n) is 0. The van der Waals surface area contributed by atoms with Crippen molar-refractivity contribution in [3.05, 3.63) is 0 Å². The van der Waals surface area contributed by atoms with E-state index in [2.05, 4.69) is 9.72 Å². The summed E-state index contributed by atoms with van der Waals surface area (Å²) in [6.07, 6.45) is 0. The van der Waals surface area contributed by atoms with E-state index in [1.54, 1.807) is 0 Å². The van der Waals surface area contributed by atoms with E-state index in [1.807, 2.05) is 0 Å². The number of rotatable bonds is 0. The minimum absolute atomic E-state index is 0. The SMILES string of the molecule is [O]=[Sb]([O-])([O-])[S-].[Sb+3]. The first kappa shape index (κ1) is 10.6. The third kappa shape index (κ3) is 43.4. The molecule has 0 rings (SSSR count). The van der Waals surface area contributed by atoms with Gasteiger partial charge in [-0.2, -0.15) is 0 Å². The molecule has 0 aliphatic carbocycles. The molecule has 0 aliphatic rings. The molecule has 0 aromatic heterocycles. The van der Waals surface area contributed by atoms with Crippen LogP contribution in [0.15, 0.2) is 0 Å². The van der Waals surface area contributed by atoms with Crippen molar-refractivity contribution < 1.29 is 9.79 Å². The van der Waals surface area contributed by atoms with E-state index in [4.69, 9.17) is 9.79 Å². The summed E-state index contributed by atoms with van der Waals surface area (Å²) in [6, 6.07) is 0. The molecule has 3 nitrogen and oxygen atoms in total. The van der Waals surface area contributed by atoms with Gasteiger partial charge in [-0.15, -0.1) is 0 Å². The van der Waals surface area contributed by atoms with E-state index in [-0.39, 0.29) is 24.4 Å². The quantitative estimate of drug-likeness (QED) is 0.347. The summed E-state index contributed by atoms with van der Waals surface area (Å²) in [5.41, 5.74) is 0. The van der Waals surface area contributed by atoms with Gasteiger partial charge in [-0.3, -0.25) is 0 Å². The first-order chi connectivity index (χ1) is 2.00. The Labute approximate surface area is 61.5 Å². The Bertz CT molecular complexity index is 54.9. The van der Waals surface area contributed by atoms with Crippen molar-refractivity contribution in [2.75, 3.05) is 0 Å². The second-order valence-corrected chi connectivity index (χ2v) is 6.00. The van der Waals surface area contributed by atoms with Crippen LogP contribution in [-0.2, 0) is 12.7 Å². The molecular formula is O3SSb2. The normalized spacial score (nSPS) is 9.83. The zero-order chi connectivity index (χ0) is 4.50. The van der Waals surface area contributed by atoms with Gasteiger partial charge in [0.15, 0.2) is 0 Å². The molecular weight excluding hydrogens is 324 g/mol. The summed E-state index contributed by atoms with van der Waals surface area (Å²) in [5, 5.41) is 0. The maximum atomic E-state index is 9.01. The third-order valence-corrected chi connectivity index (χ3v) is 0.